The summed E-state index contributed by atoms with van der Waals surface area (Å²) in [5.41, 5.74) is 3.02. The first-order valence-corrected chi connectivity index (χ1v) is 5.62. The van der Waals surface area contributed by atoms with Gasteiger partial charge in [-0.05, 0) is 36.5 Å². The molecule has 0 aromatic heterocycles. The van der Waals surface area contributed by atoms with E-state index in [1.165, 1.54) is 18.4 Å². The summed E-state index contributed by atoms with van der Waals surface area (Å²) in [6.45, 7) is 1.44. The Morgan fingerprint density at radius 1 is 1.50 bits per heavy atom. The van der Waals surface area contributed by atoms with Gasteiger partial charge in [-0.25, -0.2) is 0 Å². The normalized spacial score (nSPS) is 14.5. The van der Waals surface area contributed by atoms with Crippen LogP contribution in [0, 0.1) is 11.3 Å². The molecule has 1 saturated carbocycles. The fourth-order valence-electron chi connectivity index (χ4n) is 1.81. The van der Waals surface area contributed by atoms with Gasteiger partial charge in [0, 0.05) is 19.3 Å². The molecule has 0 amide bonds. The van der Waals surface area contributed by atoms with Crippen LogP contribution in [0.4, 0.5) is 5.69 Å². The number of nitrogens with zero attached hydrogens (tertiary/aromatic N) is 1. The third-order valence-corrected chi connectivity index (χ3v) is 2.83. The molecule has 0 atom stereocenters. The van der Waals surface area contributed by atoms with Gasteiger partial charge in [-0.2, -0.15) is 5.26 Å². The molecule has 1 fully saturated rings. The van der Waals surface area contributed by atoms with Crippen molar-refractivity contribution < 1.29 is 4.74 Å². The Morgan fingerprint density at radius 3 is 2.94 bits per heavy atom. The maximum absolute atomic E-state index is 9.09. The van der Waals surface area contributed by atoms with Crippen LogP contribution < -0.4 is 5.32 Å². The van der Waals surface area contributed by atoms with Gasteiger partial charge >= 0.3 is 0 Å². The number of hydrogen-bond donors (Lipinski definition) is 1. The molecule has 0 aliphatic heterocycles. The fourth-order valence-corrected chi connectivity index (χ4v) is 1.81. The highest BCUT2D eigenvalue weighted by Crippen LogP contribution is 2.41. The van der Waals surface area contributed by atoms with E-state index in [1.54, 1.807) is 7.11 Å². The minimum absolute atomic E-state index is 0.627. The topological polar surface area (TPSA) is 45.0 Å². The lowest BCUT2D eigenvalue weighted by molar-refractivity contribution is 0.211. The molecule has 0 bridgehead atoms. The van der Waals surface area contributed by atoms with Crippen molar-refractivity contribution in [2.45, 2.75) is 18.8 Å². The largest absolute Gasteiger partial charge is 0.383 e. The van der Waals surface area contributed by atoms with E-state index >= 15 is 0 Å². The second kappa shape index (κ2) is 5.00. The predicted molar refractivity (Wildman–Crippen MR) is 63.5 cm³/mol. The monoisotopic (exact) mass is 216 g/mol. The highest BCUT2D eigenvalue weighted by molar-refractivity contribution is 5.54. The highest BCUT2D eigenvalue weighted by atomic mass is 16.5. The fraction of sp³-hybridized carbons (Fsp3) is 0.462. The summed E-state index contributed by atoms with van der Waals surface area (Å²) in [4.78, 5) is 0. The molecule has 84 valence electrons. The third-order valence-electron chi connectivity index (χ3n) is 2.83. The average Bonchev–Trinajstić information content (AvgIpc) is 3.13. The Morgan fingerprint density at radius 2 is 2.31 bits per heavy atom. The Labute approximate surface area is 96.0 Å². The van der Waals surface area contributed by atoms with Crippen LogP contribution in [-0.2, 0) is 4.74 Å². The number of nitrogens with one attached hydrogen (secondary N) is 1. The van der Waals surface area contributed by atoms with Gasteiger partial charge in [0.15, 0.2) is 0 Å². The van der Waals surface area contributed by atoms with Gasteiger partial charge in [-0.1, -0.05) is 6.07 Å². The van der Waals surface area contributed by atoms with Crippen LogP contribution in [0.3, 0.4) is 0 Å². The van der Waals surface area contributed by atoms with Crippen LogP contribution in [0.5, 0.6) is 0 Å². The Kier molecular flexibility index (Phi) is 3.43. The van der Waals surface area contributed by atoms with Gasteiger partial charge in [-0.3, -0.25) is 0 Å². The third kappa shape index (κ3) is 2.53. The molecule has 2 rings (SSSR count). The molecule has 1 N–H and O–H groups in total. The Balaban J connectivity index is 2.07. The lowest BCUT2D eigenvalue weighted by atomic mass is 10.0. The first kappa shape index (κ1) is 11.0. The number of benzene rings is 1. The smallest absolute Gasteiger partial charge is 0.0995 e. The molecule has 0 heterocycles. The summed E-state index contributed by atoms with van der Waals surface area (Å²) in [6.07, 6.45) is 2.45. The summed E-state index contributed by atoms with van der Waals surface area (Å²) < 4.78 is 4.96. The lowest BCUT2D eigenvalue weighted by Gasteiger charge is -2.08. The number of nitriles is 1. The summed E-state index contributed by atoms with van der Waals surface area (Å²) in [5, 5.41) is 12.3. The zero-order valence-corrected chi connectivity index (χ0v) is 9.49. The summed E-state index contributed by atoms with van der Waals surface area (Å²) >= 11 is 0. The van der Waals surface area contributed by atoms with E-state index in [2.05, 4.69) is 17.5 Å². The minimum atomic E-state index is 0.627. The van der Waals surface area contributed by atoms with Crippen molar-refractivity contribution in [3.63, 3.8) is 0 Å². The van der Waals surface area contributed by atoms with E-state index in [1.807, 2.05) is 12.1 Å². The molecule has 0 saturated heterocycles. The van der Waals surface area contributed by atoms with Crippen LogP contribution in [0.1, 0.15) is 29.9 Å². The van der Waals surface area contributed by atoms with Crippen molar-refractivity contribution >= 4 is 5.69 Å². The SMILES string of the molecule is COCCNc1ccc(C2CC2)c(C#N)c1. The van der Waals surface area contributed by atoms with E-state index in [0.717, 1.165) is 17.8 Å². The van der Waals surface area contributed by atoms with Crippen LogP contribution in [-0.4, -0.2) is 20.3 Å². The van der Waals surface area contributed by atoms with Gasteiger partial charge in [0.2, 0.25) is 0 Å². The number of methoxy groups -OCH3 is 1. The maximum Gasteiger partial charge on any atom is 0.0995 e. The minimum Gasteiger partial charge on any atom is -0.383 e. The molecule has 3 heteroatoms. The number of anilines is 1. The van der Waals surface area contributed by atoms with Crippen molar-refractivity contribution in [1.29, 1.82) is 5.26 Å². The summed E-state index contributed by atoms with van der Waals surface area (Å²) in [7, 11) is 1.68. The molecule has 1 aliphatic rings. The van der Waals surface area contributed by atoms with E-state index in [9.17, 15) is 0 Å². The molecular weight excluding hydrogens is 200 g/mol. The van der Waals surface area contributed by atoms with Gasteiger partial charge in [0.05, 0.1) is 18.2 Å². The van der Waals surface area contributed by atoms with Crippen LogP contribution in [0.15, 0.2) is 18.2 Å². The van der Waals surface area contributed by atoms with Crippen LogP contribution >= 0.6 is 0 Å². The molecule has 0 unspecified atom stereocenters. The van der Waals surface area contributed by atoms with Crippen molar-refractivity contribution in [1.82, 2.24) is 0 Å². The standard InChI is InChI=1S/C13H16N2O/c1-16-7-6-15-12-4-5-13(10-2-3-10)11(8-12)9-14/h4-5,8,10,15H,2-3,6-7H2,1H3. The molecular formula is C13H16N2O. The number of ether oxygens (including phenoxy) is 1. The number of hydrogen-bond acceptors (Lipinski definition) is 3. The Hall–Kier alpha value is -1.53. The van der Waals surface area contributed by atoms with E-state index in [4.69, 9.17) is 10.00 Å². The molecule has 1 aromatic rings. The highest BCUT2D eigenvalue weighted by Gasteiger charge is 2.25. The van der Waals surface area contributed by atoms with Gasteiger partial charge in [-0.15, -0.1) is 0 Å². The zero-order chi connectivity index (χ0) is 11.4. The van der Waals surface area contributed by atoms with E-state index < -0.39 is 0 Å². The first-order valence-electron chi connectivity index (χ1n) is 5.62. The molecule has 0 spiro atoms. The average molecular weight is 216 g/mol. The summed E-state index contributed by atoms with van der Waals surface area (Å²) in [5.74, 6) is 0.627. The van der Waals surface area contributed by atoms with Crippen molar-refractivity contribution in [3.8, 4) is 6.07 Å². The van der Waals surface area contributed by atoms with Gasteiger partial charge in [0.1, 0.15) is 0 Å². The maximum atomic E-state index is 9.09. The molecule has 16 heavy (non-hydrogen) atoms. The van der Waals surface area contributed by atoms with Crippen molar-refractivity contribution in [2.24, 2.45) is 0 Å². The lowest BCUT2D eigenvalue weighted by Crippen LogP contribution is -2.07. The first-order chi connectivity index (χ1) is 7.85. The van der Waals surface area contributed by atoms with Gasteiger partial charge in [0.25, 0.3) is 0 Å². The Bertz CT molecular complexity index is 405. The quantitative estimate of drug-likeness (QED) is 0.769. The van der Waals surface area contributed by atoms with Crippen molar-refractivity contribution in [2.75, 3.05) is 25.6 Å². The van der Waals surface area contributed by atoms with Gasteiger partial charge < -0.3 is 10.1 Å². The van der Waals surface area contributed by atoms with E-state index in [-0.39, 0.29) is 0 Å². The van der Waals surface area contributed by atoms with Crippen molar-refractivity contribution in [3.05, 3.63) is 29.3 Å². The molecule has 1 aromatic carbocycles. The summed E-state index contributed by atoms with van der Waals surface area (Å²) in [6, 6.07) is 8.33. The molecule has 3 nitrogen and oxygen atoms in total. The van der Waals surface area contributed by atoms with E-state index in [0.29, 0.717) is 12.5 Å². The zero-order valence-electron chi connectivity index (χ0n) is 9.49. The molecule has 0 radical (unpaired) electrons. The predicted octanol–water partition coefficient (Wildman–Crippen LogP) is 2.49. The second-order valence-corrected chi connectivity index (χ2v) is 4.11. The molecule has 1 aliphatic carbocycles. The second-order valence-electron chi connectivity index (χ2n) is 4.11. The van der Waals surface area contributed by atoms with Crippen LogP contribution in [0.25, 0.3) is 0 Å². The number of rotatable bonds is 5. The van der Waals surface area contributed by atoms with Crippen LogP contribution in [0.2, 0.25) is 0 Å².